The van der Waals surface area contributed by atoms with Gasteiger partial charge in [-0.3, -0.25) is 0 Å². The summed E-state index contributed by atoms with van der Waals surface area (Å²) >= 11 is 3.07. The molecule has 0 unspecified atom stereocenters. The van der Waals surface area contributed by atoms with Gasteiger partial charge in [-0.05, 0) is 27.4 Å². The summed E-state index contributed by atoms with van der Waals surface area (Å²) in [5.41, 5.74) is 0. The van der Waals surface area contributed by atoms with Crippen LogP contribution in [0.5, 0.6) is 0 Å². The third-order valence-electron chi connectivity index (χ3n) is 2.08. The molecule has 2 aromatic rings. The van der Waals surface area contributed by atoms with Crippen LogP contribution in [0, 0.1) is 0 Å². The minimum Gasteiger partial charge on any atom is -0.744 e. The molecule has 0 saturated carbocycles. The standard InChI is InChI=1S/C10H7BrO3S.Na/c11-9-6-5-7-3-1-2-4-8(7)10(9)15(12,13)14;/h1-6H,(H,12,13,14);/q;+1/p-1. The van der Waals surface area contributed by atoms with Gasteiger partial charge < -0.3 is 4.55 Å². The van der Waals surface area contributed by atoms with Crippen molar-refractivity contribution < 1.29 is 42.5 Å². The van der Waals surface area contributed by atoms with Crippen LogP contribution in [-0.4, -0.2) is 13.0 Å². The zero-order valence-electron chi connectivity index (χ0n) is 8.48. The van der Waals surface area contributed by atoms with Gasteiger partial charge in [0.2, 0.25) is 0 Å². The molecule has 2 aromatic carbocycles. The third-order valence-corrected chi connectivity index (χ3v) is 3.94. The molecule has 0 saturated heterocycles. The molecule has 0 aliphatic carbocycles. The zero-order chi connectivity index (χ0) is 11.1. The van der Waals surface area contributed by atoms with Crippen LogP contribution in [0.3, 0.4) is 0 Å². The summed E-state index contributed by atoms with van der Waals surface area (Å²) in [5, 5.41) is 1.18. The molecule has 78 valence electrons. The zero-order valence-corrected chi connectivity index (χ0v) is 12.9. The molecule has 0 atom stereocenters. The number of rotatable bonds is 1. The second kappa shape index (κ2) is 5.16. The summed E-state index contributed by atoms with van der Waals surface area (Å²) in [6.07, 6.45) is 0. The third kappa shape index (κ3) is 2.67. The Hall–Kier alpha value is 0.0900. The predicted octanol–water partition coefficient (Wildman–Crippen LogP) is -0.490. The smallest absolute Gasteiger partial charge is 0.744 e. The van der Waals surface area contributed by atoms with Gasteiger partial charge in [-0.25, -0.2) is 8.42 Å². The van der Waals surface area contributed by atoms with Gasteiger partial charge in [-0.2, -0.15) is 0 Å². The van der Waals surface area contributed by atoms with E-state index in [-0.39, 0.29) is 34.5 Å². The van der Waals surface area contributed by atoms with Crippen LogP contribution in [-0.2, 0) is 10.1 Å². The van der Waals surface area contributed by atoms with Crippen molar-refractivity contribution in [2.75, 3.05) is 0 Å². The molecule has 0 aliphatic rings. The van der Waals surface area contributed by atoms with Gasteiger partial charge in [-0.15, -0.1) is 0 Å². The van der Waals surface area contributed by atoms with Crippen LogP contribution in [0.2, 0.25) is 0 Å². The van der Waals surface area contributed by atoms with Crippen molar-refractivity contribution in [2.45, 2.75) is 4.90 Å². The first-order chi connectivity index (χ1) is 7.00. The van der Waals surface area contributed by atoms with Crippen LogP contribution >= 0.6 is 15.9 Å². The molecular formula is C10H6BrNaO3S. The number of fused-ring (bicyclic) bond motifs is 1. The van der Waals surface area contributed by atoms with Gasteiger partial charge in [0.25, 0.3) is 0 Å². The van der Waals surface area contributed by atoms with Crippen molar-refractivity contribution in [3.05, 3.63) is 40.9 Å². The van der Waals surface area contributed by atoms with Crippen LogP contribution in [0.1, 0.15) is 0 Å². The van der Waals surface area contributed by atoms with E-state index in [0.29, 0.717) is 9.86 Å². The summed E-state index contributed by atoms with van der Waals surface area (Å²) < 4.78 is 33.5. The van der Waals surface area contributed by atoms with Crippen LogP contribution in [0.4, 0.5) is 0 Å². The Kier molecular flexibility index (Phi) is 4.57. The van der Waals surface area contributed by atoms with Crippen molar-refractivity contribution in [1.29, 1.82) is 0 Å². The van der Waals surface area contributed by atoms with Crippen molar-refractivity contribution in [3.8, 4) is 0 Å². The molecule has 6 heteroatoms. The van der Waals surface area contributed by atoms with E-state index >= 15 is 0 Å². The minimum absolute atomic E-state index is 0. The first-order valence-electron chi connectivity index (χ1n) is 4.13. The number of halogens is 1. The Balaban J connectivity index is 0.00000128. The first kappa shape index (κ1) is 14.2. The molecule has 0 radical (unpaired) electrons. The number of hydrogen-bond donors (Lipinski definition) is 0. The van der Waals surface area contributed by atoms with Crippen molar-refractivity contribution in [1.82, 2.24) is 0 Å². The fourth-order valence-electron chi connectivity index (χ4n) is 1.47. The summed E-state index contributed by atoms with van der Waals surface area (Å²) in [4.78, 5) is -0.194. The maximum Gasteiger partial charge on any atom is 1.00 e. The summed E-state index contributed by atoms with van der Waals surface area (Å²) in [5.74, 6) is 0. The van der Waals surface area contributed by atoms with E-state index in [2.05, 4.69) is 15.9 Å². The largest absolute Gasteiger partial charge is 1.00 e. The molecule has 0 heterocycles. The second-order valence-corrected chi connectivity index (χ2v) is 5.22. The molecule has 0 fully saturated rings. The average molecular weight is 309 g/mol. The molecule has 3 nitrogen and oxygen atoms in total. The minimum atomic E-state index is -4.46. The normalized spacial score (nSPS) is 11.1. The van der Waals surface area contributed by atoms with E-state index in [4.69, 9.17) is 0 Å². The molecule has 0 bridgehead atoms. The van der Waals surface area contributed by atoms with Gasteiger partial charge in [0.15, 0.2) is 0 Å². The van der Waals surface area contributed by atoms with E-state index in [1.54, 1.807) is 36.4 Å². The second-order valence-electron chi connectivity index (χ2n) is 3.05. The van der Waals surface area contributed by atoms with E-state index in [1.165, 1.54) is 0 Å². The molecular weight excluding hydrogens is 303 g/mol. The Morgan fingerprint density at radius 1 is 1.06 bits per heavy atom. The van der Waals surface area contributed by atoms with Gasteiger partial charge >= 0.3 is 29.6 Å². The van der Waals surface area contributed by atoms with Crippen LogP contribution in [0.25, 0.3) is 10.8 Å². The van der Waals surface area contributed by atoms with E-state index in [1.807, 2.05) is 0 Å². The van der Waals surface area contributed by atoms with Crippen LogP contribution < -0.4 is 29.6 Å². The fraction of sp³-hybridized carbons (Fsp3) is 0. The molecule has 0 amide bonds. The molecule has 0 N–H and O–H groups in total. The summed E-state index contributed by atoms with van der Waals surface area (Å²) in [6, 6.07) is 10.2. The van der Waals surface area contributed by atoms with Gasteiger partial charge in [0.1, 0.15) is 10.1 Å². The van der Waals surface area contributed by atoms with Crippen molar-refractivity contribution in [3.63, 3.8) is 0 Å². The van der Waals surface area contributed by atoms with E-state index in [9.17, 15) is 13.0 Å². The van der Waals surface area contributed by atoms with Gasteiger partial charge in [0.05, 0.1) is 4.90 Å². The van der Waals surface area contributed by atoms with E-state index < -0.39 is 10.1 Å². The molecule has 0 aliphatic heterocycles. The topological polar surface area (TPSA) is 57.2 Å². The summed E-state index contributed by atoms with van der Waals surface area (Å²) in [6.45, 7) is 0. The van der Waals surface area contributed by atoms with Crippen molar-refractivity contribution in [2.24, 2.45) is 0 Å². The first-order valence-corrected chi connectivity index (χ1v) is 6.33. The average Bonchev–Trinajstić information content (AvgIpc) is 2.15. The van der Waals surface area contributed by atoms with Crippen molar-refractivity contribution >= 4 is 36.8 Å². The quantitative estimate of drug-likeness (QED) is 0.528. The van der Waals surface area contributed by atoms with E-state index in [0.717, 1.165) is 5.39 Å². The summed E-state index contributed by atoms with van der Waals surface area (Å²) in [7, 11) is -4.46. The maximum absolute atomic E-state index is 11.1. The SMILES string of the molecule is O=S(=O)([O-])c1c(Br)ccc2ccccc12.[Na+]. The Morgan fingerprint density at radius 2 is 1.69 bits per heavy atom. The van der Waals surface area contributed by atoms with Gasteiger partial charge in [0, 0.05) is 9.86 Å². The Labute approximate surface area is 124 Å². The number of hydrogen-bond acceptors (Lipinski definition) is 3. The maximum atomic E-state index is 11.1. The Morgan fingerprint density at radius 3 is 2.31 bits per heavy atom. The molecule has 16 heavy (non-hydrogen) atoms. The molecule has 0 aromatic heterocycles. The number of benzene rings is 2. The van der Waals surface area contributed by atoms with Crippen LogP contribution in [0.15, 0.2) is 45.8 Å². The predicted molar refractivity (Wildman–Crippen MR) is 59.6 cm³/mol. The molecule has 2 rings (SSSR count). The van der Waals surface area contributed by atoms with Gasteiger partial charge in [-0.1, -0.05) is 30.3 Å². The Bertz CT molecular complexity index is 625. The molecule has 0 spiro atoms. The monoisotopic (exact) mass is 308 g/mol. The fourth-order valence-corrected chi connectivity index (χ4v) is 3.17.